The fourth-order valence-corrected chi connectivity index (χ4v) is 3.25. The highest BCUT2D eigenvalue weighted by molar-refractivity contribution is 7.09. The molecule has 96 valence electrons. The smallest absolute Gasteiger partial charge is 0.0937 e. The van der Waals surface area contributed by atoms with E-state index in [1.165, 1.54) is 24.4 Å². The molecule has 2 atom stereocenters. The van der Waals surface area contributed by atoms with Gasteiger partial charge in [0.05, 0.1) is 5.01 Å². The van der Waals surface area contributed by atoms with Crippen molar-refractivity contribution in [2.24, 2.45) is 0 Å². The molecular formula is C13H23N3S. The lowest BCUT2D eigenvalue weighted by Crippen LogP contribution is -2.47. The van der Waals surface area contributed by atoms with Gasteiger partial charge in [0.15, 0.2) is 0 Å². The lowest BCUT2D eigenvalue weighted by atomic mass is 9.98. The van der Waals surface area contributed by atoms with E-state index in [0.29, 0.717) is 6.04 Å². The van der Waals surface area contributed by atoms with Crippen LogP contribution in [0.25, 0.3) is 0 Å². The first-order valence-corrected chi connectivity index (χ1v) is 7.53. The van der Waals surface area contributed by atoms with Gasteiger partial charge in [-0.1, -0.05) is 6.92 Å². The van der Waals surface area contributed by atoms with Crippen molar-refractivity contribution in [1.82, 2.24) is 15.2 Å². The molecule has 3 nitrogen and oxygen atoms in total. The minimum atomic E-state index is 0.702. The van der Waals surface area contributed by atoms with Gasteiger partial charge in [-0.15, -0.1) is 11.3 Å². The Morgan fingerprint density at radius 2 is 2.47 bits per heavy atom. The van der Waals surface area contributed by atoms with E-state index >= 15 is 0 Å². The number of likely N-dealkylation sites (tertiary alicyclic amines) is 1. The molecule has 4 heteroatoms. The van der Waals surface area contributed by atoms with E-state index in [4.69, 9.17) is 0 Å². The first kappa shape index (κ1) is 13.0. The van der Waals surface area contributed by atoms with Gasteiger partial charge >= 0.3 is 0 Å². The summed E-state index contributed by atoms with van der Waals surface area (Å²) < 4.78 is 0. The maximum atomic E-state index is 4.35. The summed E-state index contributed by atoms with van der Waals surface area (Å²) in [6.45, 7) is 8.03. The van der Waals surface area contributed by atoms with E-state index in [2.05, 4.69) is 34.4 Å². The third-order valence-corrected chi connectivity index (χ3v) is 4.44. The van der Waals surface area contributed by atoms with E-state index in [0.717, 1.165) is 25.6 Å². The normalized spacial score (nSPS) is 26.2. The molecule has 0 aromatic carbocycles. The standard InChI is InChI=1S/C13H23N3S/c1-3-14-12-4-7-16(11(2)10-12)8-5-13-15-6-9-17-13/h6,9,11-12,14H,3-5,7-8,10H2,1-2H3. The van der Waals surface area contributed by atoms with Gasteiger partial charge in [0.2, 0.25) is 0 Å². The van der Waals surface area contributed by atoms with Crippen LogP contribution in [0.1, 0.15) is 31.7 Å². The molecule has 2 unspecified atom stereocenters. The van der Waals surface area contributed by atoms with Crippen molar-refractivity contribution in [3.8, 4) is 0 Å². The fraction of sp³-hybridized carbons (Fsp3) is 0.769. The summed E-state index contributed by atoms with van der Waals surface area (Å²) in [6.07, 6.45) is 5.58. The largest absolute Gasteiger partial charge is 0.314 e. The predicted molar refractivity (Wildman–Crippen MR) is 73.6 cm³/mol. The van der Waals surface area contributed by atoms with Crippen LogP contribution in [0.2, 0.25) is 0 Å². The zero-order valence-corrected chi connectivity index (χ0v) is 11.7. The molecule has 17 heavy (non-hydrogen) atoms. The van der Waals surface area contributed by atoms with Gasteiger partial charge in [-0.3, -0.25) is 0 Å². The Hall–Kier alpha value is -0.450. The van der Waals surface area contributed by atoms with Crippen molar-refractivity contribution < 1.29 is 0 Å². The molecule has 0 amide bonds. The second-order valence-electron chi connectivity index (χ2n) is 4.84. The Bertz CT molecular complexity index is 312. The average molecular weight is 253 g/mol. The highest BCUT2D eigenvalue weighted by atomic mass is 32.1. The zero-order valence-electron chi connectivity index (χ0n) is 10.9. The first-order valence-electron chi connectivity index (χ1n) is 6.65. The average Bonchev–Trinajstić information content (AvgIpc) is 2.81. The van der Waals surface area contributed by atoms with Crippen molar-refractivity contribution in [3.05, 3.63) is 16.6 Å². The molecule has 0 radical (unpaired) electrons. The van der Waals surface area contributed by atoms with Crippen LogP contribution in [0, 0.1) is 0 Å². The Labute approximate surface area is 108 Å². The number of thiazole rings is 1. The minimum absolute atomic E-state index is 0.702. The quantitative estimate of drug-likeness (QED) is 0.871. The third-order valence-electron chi connectivity index (χ3n) is 3.60. The summed E-state index contributed by atoms with van der Waals surface area (Å²) in [5.74, 6) is 0. The summed E-state index contributed by atoms with van der Waals surface area (Å²) in [7, 11) is 0. The summed E-state index contributed by atoms with van der Waals surface area (Å²) in [5, 5.41) is 6.90. The first-order chi connectivity index (χ1) is 8.29. The lowest BCUT2D eigenvalue weighted by molar-refractivity contribution is 0.138. The Balaban J connectivity index is 1.75. The topological polar surface area (TPSA) is 28.2 Å². The van der Waals surface area contributed by atoms with Crippen LogP contribution in [-0.2, 0) is 6.42 Å². The second-order valence-corrected chi connectivity index (χ2v) is 5.82. The van der Waals surface area contributed by atoms with Gasteiger partial charge in [-0.2, -0.15) is 0 Å². The van der Waals surface area contributed by atoms with Gasteiger partial charge in [0.25, 0.3) is 0 Å². The summed E-state index contributed by atoms with van der Waals surface area (Å²) in [4.78, 5) is 6.96. The molecule has 2 rings (SSSR count). The number of rotatable bonds is 5. The van der Waals surface area contributed by atoms with Crippen LogP contribution >= 0.6 is 11.3 Å². The molecule has 1 fully saturated rings. The van der Waals surface area contributed by atoms with Crippen molar-refractivity contribution in [2.45, 2.75) is 45.2 Å². The summed E-state index contributed by atoms with van der Waals surface area (Å²) in [5.41, 5.74) is 0. The number of hydrogen-bond donors (Lipinski definition) is 1. The molecule has 1 saturated heterocycles. The monoisotopic (exact) mass is 253 g/mol. The second kappa shape index (κ2) is 6.47. The molecule has 1 aliphatic heterocycles. The van der Waals surface area contributed by atoms with Crippen molar-refractivity contribution in [3.63, 3.8) is 0 Å². The number of hydrogen-bond acceptors (Lipinski definition) is 4. The molecule has 2 heterocycles. The molecular weight excluding hydrogens is 230 g/mol. The van der Waals surface area contributed by atoms with Crippen LogP contribution in [0.15, 0.2) is 11.6 Å². The van der Waals surface area contributed by atoms with Crippen molar-refractivity contribution in [1.29, 1.82) is 0 Å². The van der Waals surface area contributed by atoms with Crippen LogP contribution < -0.4 is 5.32 Å². The van der Waals surface area contributed by atoms with Gasteiger partial charge in [0.1, 0.15) is 0 Å². The molecule has 0 saturated carbocycles. The van der Waals surface area contributed by atoms with E-state index in [-0.39, 0.29) is 0 Å². The molecule has 1 aromatic heterocycles. The minimum Gasteiger partial charge on any atom is -0.314 e. The number of piperidine rings is 1. The third kappa shape index (κ3) is 3.76. The highest BCUT2D eigenvalue weighted by Gasteiger charge is 2.24. The van der Waals surface area contributed by atoms with Crippen LogP contribution in [0.4, 0.5) is 0 Å². The van der Waals surface area contributed by atoms with Crippen LogP contribution in [0.3, 0.4) is 0 Å². The number of nitrogens with zero attached hydrogens (tertiary/aromatic N) is 2. The number of aromatic nitrogens is 1. The molecule has 0 aliphatic carbocycles. The molecule has 1 N–H and O–H groups in total. The van der Waals surface area contributed by atoms with E-state index in [1.807, 2.05) is 6.20 Å². The van der Waals surface area contributed by atoms with Gasteiger partial charge in [-0.25, -0.2) is 4.98 Å². The van der Waals surface area contributed by atoms with E-state index < -0.39 is 0 Å². The molecule has 0 bridgehead atoms. The summed E-state index contributed by atoms with van der Waals surface area (Å²) in [6, 6.07) is 1.43. The maximum Gasteiger partial charge on any atom is 0.0937 e. The van der Waals surface area contributed by atoms with Crippen molar-refractivity contribution >= 4 is 11.3 Å². The highest BCUT2D eigenvalue weighted by Crippen LogP contribution is 2.18. The lowest BCUT2D eigenvalue weighted by Gasteiger charge is -2.37. The van der Waals surface area contributed by atoms with Gasteiger partial charge in [-0.05, 0) is 32.9 Å². The van der Waals surface area contributed by atoms with Crippen molar-refractivity contribution in [2.75, 3.05) is 19.6 Å². The van der Waals surface area contributed by atoms with Crippen LogP contribution in [0.5, 0.6) is 0 Å². The Kier molecular flexibility index (Phi) is 4.95. The predicted octanol–water partition coefficient (Wildman–Crippen LogP) is 2.15. The maximum absolute atomic E-state index is 4.35. The Morgan fingerprint density at radius 3 is 3.12 bits per heavy atom. The SMILES string of the molecule is CCNC1CCN(CCc2nccs2)C(C)C1. The number of nitrogens with one attached hydrogen (secondary N) is 1. The van der Waals surface area contributed by atoms with E-state index in [9.17, 15) is 0 Å². The van der Waals surface area contributed by atoms with Crippen LogP contribution in [-0.4, -0.2) is 41.6 Å². The van der Waals surface area contributed by atoms with E-state index in [1.54, 1.807) is 11.3 Å². The molecule has 1 aromatic rings. The van der Waals surface area contributed by atoms with Gasteiger partial charge < -0.3 is 10.2 Å². The van der Waals surface area contributed by atoms with Gasteiger partial charge in [0, 0.05) is 36.6 Å². The Morgan fingerprint density at radius 1 is 1.59 bits per heavy atom. The molecule has 0 spiro atoms. The molecule has 1 aliphatic rings. The summed E-state index contributed by atoms with van der Waals surface area (Å²) >= 11 is 1.77. The zero-order chi connectivity index (χ0) is 12.1. The fourth-order valence-electron chi connectivity index (χ4n) is 2.64.